The molecule has 0 radical (unpaired) electrons. The van der Waals surface area contributed by atoms with Crippen molar-refractivity contribution in [1.29, 1.82) is 0 Å². The molecular weight excluding hydrogens is 249 g/mol. The van der Waals surface area contributed by atoms with Crippen LogP contribution in [0.25, 0.3) is 0 Å². The summed E-state index contributed by atoms with van der Waals surface area (Å²) in [6.45, 7) is 6.26. The Hall–Kier alpha value is -1.91. The molecule has 0 aromatic heterocycles. The minimum Gasteiger partial charge on any atom is -0.479 e. The van der Waals surface area contributed by atoms with Crippen molar-refractivity contribution >= 4 is 11.9 Å². The summed E-state index contributed by atoms with van der Waals surface area (Å²) in [5, 5.41) is 9.54. The van der Waals surface area contributed by atoms with Gasteiger partial charge in [-0.25, -0.2) is 9.18 Å². The molecule has 0 saturated carbocycles. The van der Waals surface area contributed by atoms with Gasteiger partial charge in [0.1, 0.15) is 5.82 Å². The van der Waals surface area contributed by atoms with Gasteiger partial charge in [-0.15, -0.1) is 0 Å². The number of amides is 1. The smallest absolute Gasteiger partial charge is 0.334 e. The lowest BCUT2D eigenvalue weighted by Gasteiger charge is -2.40. The Morgan fingerprint density at radius 3 is 2.05 bits per heavy atom. The highest BCUT2D eigenvalue weighted by molar-refractivity contribution is 5.87. The summed E-state index contributed by atoms with van der Waals surface area (Å²) >= 11 is 0. The number of benzene rings is 1. The fourth-order valence-corrected chi connectivity index (χ4v) is 2.33. The van der Waals surface area contributed by atoms with E-state index < -0.39 is 17.3 Å². The van der Waals surface area contributed by atoms with Gasteiger partial charge in [0.2, 0.25) is 5.91 Å². The third-order valence-electron chi connectivity index (χ3n) is 3.16. The lowest BCUT2D eigenvalue weighted by atomic mass is 9.88. The summed E-state index contributed by atoms with van der Waals surface area (Å²) in [6, 6.07) is 4.87. The fraction of sp³-hybridized carbons (Fsp3) is 0.429. The number of carboxylic acids is 1. The van der Waals surface area contributed by atoms with Crippen LogP contribution < -0.4 is 0 Å². The van der Waals surface area contributed by atoms with E-state index in [-0.39, 0.29) is 11.9 Å². The molecule has 0 aliphatic carbocycles. The molecule has 1 atom stereocenters. The van der Waals surface area contributed by atoms with E-state index in [2.05, 4.69) is 0 Å². The van der Waals surface area contributed by atoms with E-state index in [4.69, 9.17) is 0 Å². The molecule has 1 unspecified atom stereocenters. The highest BCUT2D eigenvalue weighted by Gasteiger charge is 2.44. The minimum atomic E-state index is -1.52. The van der Waals surface area contributed by atoms with E-state index in [1.54, 1.807) is 13.8 Å². The monoisotopic (exact) mass is 267 g/mol. The topological polar surface area (TPSA) is 57.6 Å². The van der Waals surface area contributed by atoms with Crippen LogP contribution in [-0.2, 0) is 15.1 Å². The Morgan fingerprint density at radius 2 is 1.74 bits per heavy atom. The molecule has 1 N–H and O–H groups in total. The first kappa shape index (κ1) is 15.1. The standard InChI is InChI=1S/C14H18FNO3/c1-9(2)16(10(3)17)14(4,13(18)19)11-5-7-12(15)8-6-11/h5-9H,1-4H3,(H,18,19). The molecule has 0 bridgehead atoms. The van der Waals surface area contributed by atoms with E-state index in [9.17, 15) is 19.1 Å². The molecule has 104 valence electrons. The summed E-state index contributed by atoms with van der Waals surface area (Å²) in [5.74, 6) is -1.94. The van der Waals surface area contributed by atoms with Gasteiger partial charge < -0.3 is 10.0 Å². The second kappa shape index (κ2) is 5.38. The Balaban J connectivity index is 3.42. The van der Waals surface area contributed by atoms with Crippen molar-refractivity contribution in [3.05, 3.63) is 35.6 Å². The van der Waals surface area contributed by atoms with Gasteiger partial charge >= 0.3 is 5.97 Å². The third kappa shape index (κ3) is 2.75. The van der Waals surface area contributed by atoms with Crippen molar-refractivity contribution in [2.45, 2.75) is 39.3 Å². The number of carboxylic acid groups (broad SMARTS) is 1. The van der Waals surface area contributed by atoms with Crippen LogP contribution in [0.4, 0.5) is 4.39 Å². The largest absolute Gasteiger partial charge is 0.479 e. The van der Waals surface area contributed by atoms with Gasteiger partial charge in [0.05, 0.1) is 0 Å². The maximum absolute atomic E-state index is 13.0. The van der Waals surface area contributed by atoms with Gasteiger partial charge in [-0.2, -0.15) is 0 Å². The second-order valence-corrected chi connectivity index (χ2v) is 4.87. The lowest BCUT2D eigenvalue weighted by Crippen LogP contribution is -2.55. The molecule has 4 nitrogen and oxygen atoms in total. The Morgan fingerprint density at radius 1 is 1.26 bits per heavy atom. The van der Waals surface area contributed by atoms with E-state index in [1.165, 1.54) is 43.0 Å². The van der Waals surface area contributed by atoms with Crippen molar-refractivity contribution in [2.24, 2.45) is 0 Å². The Bertz CT molecular complexity index is 484. The van der Waals surface area contributed by atoms with Crippen LogP contribution in [0.2, 0.25) is 0 Å². The molecule has 1 amide bonds. The summed E-state index contributed by atoms with van der Waals surface area (Å²) in [4.78, 5) is 24.7. The van der Waals surface area contributed by atoms with Crippen molar-refractivity contribution in [3.8, 4) is 0 Å². The van der Waals surface area contributed by atoms with Crippen LogP contribution in [0.5, 0.6) is 0 Å². The van der Waals surface area contributed by atoms with Crippen LogP contribution in [0.3, 0.4) is 0 Å². The highest BCUT2D eigenvalue weighted by atomic mass is 19.1. The van der Waals surface area contributed by atoms with E-state index >= 15 is 0 Å². The van der Waals surface area contributed by atoms with Crippen LogP contribution >= 0.6 is 0 Å². The van der Waals surface area contributed by atoms with Gasteiger partial charge in [-0.3, -0.25) is 4.79 Å². The van der Waals surface area contributed by atoms with Gasteiger partial charge in [0.15, 0.2) is 5.54 Å². The summed E-state index contributed by atoms with van der Waals surface area (Å²) < 4.78 is 13.0. The molecule has 0 aliphatic rings. The highest BCUT2D eigenvalue weighted by Crippen LogP contribution is 2.31. The quantitative estimate of drug-likeness (QED) is 0.911. The molecule has 0 spiro atoms. The van der Waals surface area contributed by atoms with Crippen molar-refractivity contribution in [3.63, 3.8) is 0 Å². The number of halogens is 1. The number of carbonyl (C=O) groups excluding carboxylic acids is 1. The first-order valence-corrected chi connectivity index (χ1v) is 6.00. The molecule has 0 heterocycles. The molecule has 0 saturated heterocycles. The summed E-state index contributed by atoms with van der Waals surface area (Å²) in [5.41, 5.74) is -1.15. The van der Waals surface area contributed by atoms with Gasteiger partial charge in [0, 0.05) is 13.0 Å². The van der Waals surface area contributed by atoms with Crippen molar-refractivity contribution < 1.29 is 19.1 Å². The SMILES string of the molecule is CC(=O)N(C(C)C)C(C)(C(=O)O)c1ccc(F)cc1. The van der Waals surface area contributed by atoms with Crippen LogP contribution in [0.1, 0.15) is 33.3 Å². The Kier molecular flexibility index (Phi) is 4.29. The first-order valence-electron chi connectivity index (χ1n) is 6.00. The number of rotatable bonds is 4. The first-order chi connectivity index (χ1) is 8.71. The molecule has 1 aromatic rings. The predicted molar refractivity (Wildman–Crippen MR) is 69.0 cm³/mol. The zero-order valence-electron chi connectivity index (χ0n) is 11.5. The number of hydrogen-bond acceptors (Lipinski definition) is 2. The molecule has 19 heavy (non-hydrogen) atoms. The maximum atomic E-state index is 13.0. The summed E-state index contributed by atoms with van der Waals surface area (Å²) in [6.07, 6.45) is 0. The normalized spacial score (nSPS) is 14.0. The van der Waals surface area contributed by atoms with Crippen LogP contribution in [0, 0.1) is 5.82 Å². The third-order valence-corrected chi connectivity index (χ3v) is 3.16. The minimum absolute atomic E-state index is 0.288. The summed E-state index contributed by atoms with van der Waals surface area (Å²) in [7, 11) is 0. The Labute approximate surface area is 111 Å². The molecule has 1 aromatic carbocycles. The van der Waals surface area contributed by atoms with Crippen LogP contribution in [0.15, 0.2) is 24.3 Å². The van der Waals surface area contributed by atoms with Crippen molar-refractivity contribution in [2.75, 3.05) is 0 Å². The second-order valence-electron chi connectivity index (χ2n) is 4.87. The lowest BCUT2D eigenvalue weighted by molar-refractivity contribution is -0.160. The zero-order valence-corrected chi connectivity index (χ0v) is 11.5. The van der Waals surface area contributed by atoms with Gasteiger partial charge in [-0.1, -0.05) is 12.1 Å². The fourth-order valence-electron chi connectivity index (χ4n) is 2.33. The van der Waals surface area contributed by atoms with Gasteiger partial charge in [0.25, 0.3) is 0 Å². The van der Waals surface area contributed by atoms with Gasteiger partial charge in [-0.05, 0) is 38.5 Å². The van der Waals surface area contributed by atoms with E-state index in [0.29, 0.717) is 5.56 Å². The molecule has 0 aliphatic heterocycles. The van der Waals surface area contributed by atoms with Crippen LogP contribution in [-0.4, -0.2) is 27.9 Å². The number of hydrogen-bond donors (Lipinski definition) is 1. The van der Waals surface area contributed by atoms with E-state index in [1.807, 2.05) is 0 Å². The molecule has 0 fully saturated rings. The molecular formula is C14H18FNO3. The number of carbonyl (C=O) groups is 2. The van der Waals surface area contributed by atoms with E-state index in [0.717, 1.165) is 0 Å². The van der Waals surface area contributed by atoms with Crippen molar-refractivity contribution in [1.82, 2.24) is 4.90 Å². The molecule has 1 rings (SSSR count). The molecule has 5 heteroatoms. The average Bonchev–Trinajstić information content (AvgIpc) is 2.28. The zero-order chi connectivity index (χ0) is 14.8. The number of aliphatic carboxylic acids is 1. The average molecular weight is 267 g/mol. The predicted octanol–water partition coefficient (Wildman–Crippen LogP) is 2.38. The maximum Gasteiger partial charge on any atom is 0.334 e. The number of nitrogens with zero attached hydrogens (tertiary/aromatic N) is 1.